The summed E-state index contributed by atoms with van der Waals surface area (Å²) in [5.74, 6) is 0.331. The van der Waals surface area contributed by atoms with Crippen molar-refractivity contribution >= 4 is 0 Å². The lowest BCUT2D eigenvalue weighted by molar-refractivity contribution is -0.0311. The lowest BCUT2D eigenvalue weighted by Crippen LogP contribution is -2.34. The Bertz CT molecular complexity index is 173. The van der Waals surface area contributed by atoms with Gasteiger partial charge in [0, 0.05) is 0 Å². The van der Waals surface area contributed by atoms with E-state index >= 15 is 0 Å². The fourth-order valence-corrected chi connectivity index (χ4v) is 2.43. The second kappa shape index (κ2) is 7.02. The summed E-state index contributed by atoms with van der Waals surface area (Å²) in [5.41, 5.74) is 0. The van der Waals surface area contributed by atoms with Gasteiger partial charge in [-0.1, -0.05) is 25.3 Å². The molecule has 0 aromatic carbocycles. The number of rotatable bonds is 6. The van der Waals surface area contributed by atoms with E-state index in [2.05, 4.69) is 6.58 Å². The van der Waals surface area contributed by atoms with Crippen LogP contribution in [-0.4, -0.2) is 22.4 Å². The van der Waals surface area contributed by atoms with Crippen LogP contribution in [0.15, 0.2) is 12.7 Å². The molecule has 2 heteroatoms. The summed E-state index contributed by atoms with van der Waals surface area (Å²) in [6.45, 7) is 3.65. The minimum absolute atomic E-state index is 0.331. The van der Waals surface area contributed by atoms with Gasteiger partial charge in [0.1, 0.15) is 0 Å². The Morgan fingerprint density at radius 2 is 1.87 bits per heavy atom. The molecule has 0 radical (unpaired) electrons. The van der Waals surface area contributed by atoms with E-state index in [1.165, 1.54) is 19.3 Å². The van der Waals surface area contributed by atoms with E-state index in [0.29, 0.717) is 12.3 Å². The van der Waals surface area contributed by atoms with Gasteiger partial charge in [0.2, 0.25) is 0 Å². The first-order valence-corrected chi connectivity index (χ1v) is 6.22. The molecule has 2 nitrogen and oxygen atoms in total. The van der Waals surface area contributed by atoms with Crippen LogP contribution in [0.4, 0.5) is 0 Å². The second-order valence-electron chi connectivity index (χ2n) is 4.68. The molecule has 15 heavy (non-hydrogen) atoms. The summed E-state index contributed by atoms with van der Waals surface area (Å²) in [6, 6.07) is 0. The van der Waals surface area contributed by atoms with Crippen LogP contribution >= 0.6 is 0 Å². The molecule has 0 saturated heterocycles. The number of aliphatic hydroxyl groups is 2. The van der Waals surface area contributed by atoms with Gasteiger partial charge in [-0.2, -0.15) is 0 Å². The predicted molar refractivity (Wildman–Crippen MR) is 62.6 cm³/mol. The van der Waals surface area contributed by atoms with E-state index in [9.17, 15) is 10.2 Å². The fourth-order valence-electron chi connectivity index (χ4n) is 2.43. The minimum Gasteiger partial charge on any atom is -0.390 e. The Morgan fingerprint density at radius 3 is 2.47 bits per heavy atom. The highest BCUT2D eigenvalue weighted by molar-refractivity contribution is 4.79. The molecule has 0 aromatic heterocycles. The maximum Gasteiger partial charge on any atom is 0.0827 e. The Hall–Kier alpha value is -0.340. The van der Waals surface area contributed by atoms with E-state index < -0.39 is 12.2 Å². The van der Waals surface area contributed by atoms with Crippen molar-refractivity contribution in [2.24, 2.45) is 5.92 Å². The standard InChI is InChI=1S/C13H24O2/c1-2-3-5-10-12(14)13(15)11-8-6-4-7-9-11/h2,11-15H,1,3-10H2. The molecule has 1 rings (SSSR count). The first-order valence-electron chi connectivity index (χ1n) is 6.22. The maximum atomic E-state index is 9.97. The first-order chi connectivity index (χ1) is 7.25. The number of hydrogen-bond donors (Lipinski definition) is 2. The van der Waals surface area contributed by atoms with Crippen molar-refractivity contribution in [1.82, 2.24) is 0 Å². The van der Waals surface area contributed by atoms with Gasteiger partial charge in [-0.15, -0.1) is 6.58 Å². The molecule has 0 amide bonds. The second-order valence-corrected chi connectivity index (χ2v) is 4.68. The van der Waals surface area contributed by atoms with Crippen molar-refractivity contribution in [3.63, 3.8) is 0 Å². The van der Waals surface area contributed by atoms with Crippen molar-refractivity contribution in [3.8, 4) is 0 Å². The maximum absolute atomic E-state index is 9.97. The normalized spacial score (nSPS) is 22.3. The molecular weight excluding hydrogens is 188 g/mol. The van der Waals surface area contributed by atoms with E-state index in [0.717, 1.165) is 25.7 Å². The van der Waals surface area contributed by atoms with Crippen LogP contribution in [0.2, 0.25) is 0 Å². The molecule has 1 fully saturated rings. The average Bonchev–Trinajstić information content (AvgIpc) is 2.29. The van der Waals surface area contributed by atoms with Gasteiger partial charge < -0.3 is 10.2 Å². The molecule has 0 aromatic rings. The Morgan fingerprint density at radius 1 is 1.20 bits per heavy atom. The number of aliphatic hydroxyl groups excluding tert-OH is 2. The summed E-state index contributed by atoms with van der Waals surface area (Å²) < 4.78 is 0. The largest absolute Gasteiger partial charge is 0.390 e. The van der Waals surface area contributed by atoms with E-state index in [4.69, 9.17) is 0 Å². The predicted octanol–water partition coefficient (Wildman–Crippen LogP) is 2.64. The zero-order valence-electron chi connectivity index (χ0n) is 9.57. The Balaban J connectivity index is 2.23. The summed E-state index contributed by atoms with van der Waals surface area (Å²) in [4.78, 5) is 0. The molecule has 88 valence electrons. The van der Waals surface area contributed by atoms with E-state index in [1.54, 1.807) is 0 Å². The third-order valence-electron chi connectivity index (χ3n) is 3.44. The molecule has 0 bridgehead atoms. The highest BCUT2D eigenvalue weighted by Gasteiger charge is 2.26. The zero-order valence-corrected chi connectivity index (χ0v) is 9.57. The summed E-state index contributed by atoms with van der Waals surface area (Å²) in [6.07, 6.45) is 9.24. The SMILES string of the molecule is C=CCCCC(O)C(O)C1CCCCC1. The van der Waals surface area contributed by atoms with Gasteiger partial charge in [-0.3, -0.25) is 0 Å². The average molecular weight is 212 g/mol. The van der Waals surface area contributed by atoms with E-state index in [1.807, 2.05) is 6.08 Å². The lowest BCUT2D eigenvalue weighted by Gasteiger charge is -2.29. The molecule has 1 aliphatic rings. The molecule has 0 aliphatic heterocycles. The molecule has 2 N–H and O–H groups in total. The lowest BCUT2D eigenvalue weighted by atomic mass is 9.82. The van der Waals surface area contributed by atoms with Gasteiger partial charge in [0.25, 0.3) is 0 Å². The smallest absolute Gasteiger partial charge is 0.0827 e. The van der Waals surface area contributed by atoms with Crippen molar-refractivity contribution in [3.05, 3.63) is 12.7 Å². The summed E-state index contributed by atoms with van der Waals surface area (Å²) in [7, 11) is 0. The van der Waals surface area contributed by atoms with Crippen LogP contribution in [0.3, 0.4) is 0 Å². The van der Waals surface area contributed by atoms with Gasteiger partial charge in [-0.25, -0.2) is 0 Å². The van der Waals surface area contributed by atoms with Crippen LogP contribution in [0.25, 0.3) is 0 Å². The van der Waals surface area contributed by atoms with Crippen LogP contribution in [0.1, 0.15) is 51.4 Å². The fraction of sp³-hybridized carbons (Fsp3) is 0.846. The quantitative estimate of drug-likeness (QED) is 0.525. The number of hydrogen-bond acceptors (Lipinski definition) is 2. The van der Waals surface area contributed by atoms with E-state index in [-0.39, 0.29) is 0 Å². The molecule has 1 aliphatic carbocycles. The summed E-state index contributed by atoms with van der Waals surface area (Å²) >= 11 is 0. The van der Waals surface area contributed by atoms with Gasteiger partial charge >= 0.3 is 0 Å². The number of unbranched alkanes of at least 4 members (excludes halogenated alkanes) is 1. The van der Waals surface area contributed by atoms with Gasteiger partial charge in [-0.05, 0) is 38.0 Å². The Labute approximate surface area is 93.0 Å². The minimum atomic E-state index is -0.534. The topological polar surface area (TPSA) is 40.5 Å². The third kappa shape index (κ3) is 4.35. The number of allylic oxidation sites excluding steroid dienone is 1. The molecule has 0 spiro atoms. The van der Waals surface area contributed by atoms with Crippen molar-refractivity contribution in [2.45, 2.75) is 63.6 Å². The molecule has 2 atom stereocenters. The van der Waals surface area contributed by atoms with Crippen LogP contribution in [0.5, 0.6) is 0 Å². The summed E-state index contributed by atoms with van der Waals surface area (Å²) in [5, 5.41) is 19.8. The van der Waals surface area contributed by atoms with Crippen molar-refractivity contribution in [2.75, 3.05) is 0 Å². The first kappa shape index (κ1) is 12.7. The van der Waals surface area contributed by atoms with Crippen LogP contribution in [-0.2, 0) is 0 Å². The molecule has 1 saturated carbocycles. The molecule has 0 heterocycles. The highest BCUT2D eigenvalue weighted by atomic mass is 16.3. The van der Waals surface area contributed by atoms with Crippen molar-refractivity contribution in [1.29, 1.82) is 0 Å². The zero-order chi connectivity index (χ0) is 11.1. The van der Waals surface area contributed by atoms with Crippen molar-refractivity contribution < 1.29 is 10.2 Å². The highest BCUT2D eigenvalue weighted by Crippen LogP contribution is 2.28. The van der Waals surface area contributed by atoms with Gasteiger partial charge in [0.15, 0.2) is 0 Å². The third-order valence-corrected chi connectivity index (χ3v) is 3.44. The van der Waals surface area contributed by atoms with Gasteiger partial charge in [0.05, 0.1) is 12.2 Å². The monoisotopic (exact) mass is 212 g/mol. The molecule has 2 unspecified atom stereocenters. The molecular formula is C13H24O2. The Kier molecular flexibility index (Phi) is 5.96. The van der Waals surface area contributed by atoms with Crippen LogP contribution in [0, 0.1) is 5.92 Å². The van der Waals surface area contributed by atoms with Crippen LogP contribution < -0.4 is 0 Å².